The van der Waals surface area contributed by atoms with Crippen LogP contribution in [0.25, 0.3) is 0 Å². The molecule has 0 aliphatic carbocycles. The van der Waals surface area contributed by atoms with Gasteiger partial charge < -0.3 is 9.84 Å². The number of carboxylic acid groups (broad SMARTS) is 1. The Morgan fingerprint density at radius 3 is 2.39 bits per heavy atom. The van der Waals surface area contributed by atoms with Crippen LogP contribution in [0.5, 0.6) is 5.75 Å². The first-order valence-electron chi connectivity index (χ1n) is 8.35. The van der Waals surface area contributed by atoms with Crippen LogP contribution in [-0.4, -0.2) is 36.2 Å². The maximum Gasteiger partial charge on any atom is 0.306 e. The highest BCUT2D eigenvalue weighted by Gasteiger charge is 2.25. The summed E-state index contributed by atoms with van der Waals surface area (Å²) in [5, 5.41) is 9.11. The van der Waals surface area contributed by atoms with Crippen molar-refractivity contribution in [3.8, 4) is 5.75 Å². The third kappa shape index (κ3) is 4.25. The summed E-state index contributed by atoms with van der Waals surface area (Å²) in [6.45, 7) is 11.3. The maximum absolute atomic E-state index is 11.1. The van der Waals surface area contributed by atoms with E-state index in [1.165, 1.54) is 16.7 Å². The molecular weight excluding hydrogens is 290 g/mol. The van der Waals surface area contributed by atoms with Crippen molar-refractivity contribution in [2.24, 2.45) is 5.92 Å². The lowest BCUT2D eigenvalue weighted by Crippen LogP contribution is -2.36. The van der Waals surface area contributed by atoms with Crippen LogP contribution >= 0.6 is 0 Å². The van der Waals surface area contributed by atoms with Crippen LogP contribution in [0.2, 0.25) is 0 Å². The third-order valence-electron chi connectivity index (χ3n) is 4.80. The van der Waals surface area contributed by atoms with Gasteiger partial charge in [-0.2, -0.15) is 0 Å². The Morgan fingerprint density at radius 2 is 1.91 bits per heavy atom. The molecule has 1 fully saturated rings. The van der Waals surface area contributed by atoms with E-state index in [4.69, 9.17) is 9.84 Å². The molecule has 23 heavy (non-hydrogen) atoms. The molecule has 4 nitrogen and oxygen atoms in total. The maximum atomic E-state index is 11.1. The van der Waals surface area contributed by atoms with Crippen molar-refractivity contribution in [2.75, 3.05) is 20.2 Å². The summed E-state index contributed by atoms with van der Waals surface area (Å²) >= 11 is 0. The molecule has 0 amide bonds. The molecule has 0 bridgehead atoms. The highest BCUT2D eigenvalue weighted by atomic mass is 16.5. The molecule has 1 aromatic rings. The molecular formula is C19H29NO3. The minimum Gasteiger partial charge on any atom is -0.496 e. The number of rotatable bonds is 4. The third-order valence-corrected chi connectivity index (χ3v) is 4.80. The van der Waals surface area contributed by atoms with Crippen LogP contribution in [0.3, 0.4) is 0 Å². The smallest absolute Gasteiger partial charge is 0.306 e. The molecule has 0 unspecified atom stereocenters. The van der Waals surface area contributed by atoms with Gasteiger partial charge in [-0.3, -0.25) is 9.69 Å². The van der Waals surface area contributed by atoms with Crippen molar-refractivity contribution in [1.82, 2.24) is 4.90 Å². The molecule has 1 saturated heterocycles. The fourth-order valence-corrected chi connectivity index (χ4v) is 3.23. The second kappa shape index (κ2) is 6.91. The number of hydrogen-bond acceptors (Lipinski definition) is 3. The Bertz CT molecular complexity index is 567. The van der Waals surface area contributed by atoms with Gasteiger partial charge in [-0.15, -0.1) is 0 Å². The van der Waals surface area contributed by atoms with E-state index >= 15 is 0 Å². The Kier molecular flexibility index (Phi) is 5.35. The van der Waals surface area contributed by atoms with Crippen LogP contribution in [0, 0.1) is 12.8 Å². The van der Waals surface area contributed by atoms with Gasteiger partial charge in [0.25, 0.3) is 0 Å². The lowest BCUT2D eigenvalue weighted by Gasteiger charge is -2.31. The SMILES string of the molecule is COc1cc(C)c(CN2CCC(C(=O)O)CC2)cc1C(C)(C)C. The average molecular weight is 319 g/mol. The van der Waals surface area contributed by atoms with Crippen molar-refractivity contribution in [3.63, 3.8) is 0 Å². The van der Waals surface area contributed by atoms with Crippen molar-refractivity contribution in [1.29, 1.82) is 0 Å². The van der Waals surface area contributed by atoms with E-state index in [-0.39, 0.29) is 11.3 Å². The topological polar surface area (TPSA) is 49.8 Å². The first kappa shape index (κ1) is 17.8. The number of aliphatic carboxylic acids is 1. The van der Waals surface area contributed by atoms with Crippen molar-refractivity contribution in [3.05, 3.63) is 28.8 Å². The van der Waals surface area contributed by atoms with Crippen LogP contribution in [0.15, 0.2) is 12.1 Å². The van der Waals surface area contributed by atoms with E-state index in [1.54, 1.807) is 7.11 Å². The fourth-order valence-electron chi connectivity index (χ4n) is 3.23. The van der Waals surface area contributed by atoms with Gasteiger partial charge in [-0.05, 0) is 61.0 Å². The molecule has 0 aromatic heterocycles. The van der Waals surface area contributed by atoms with Gasteiger partial charge >= 0.3 is 5.97 Å². The first-order valence-corrected chi connectivity index (χ1v) is 8.35. The predicted molar refractivity (Wildman–Crippen MR) is 92.1 cm³/mol. The van der Waals surface area contributed by atoms with Gasteiger partial charge in [0, 0.05) is 6.54 Å². The summed E-state index contributed by atoms with van der Waals surface area (Å²) in [5.41, 5.74) is 3.80. The van der Waals surface area contributed by atoms with Gasteiger partial charge in [0.2, 0.25) is 0 Å². The Hall–Kier alpha value is -1.55. The number of ether oxygens (including phenoxy) is 1. The highest BCUT2D eigenvalue weighted by Crippen LogP contribution is 2.34. The molecule has 0 radical (unpaired) electrons. The summed E-state index contributed by atoms with van der Waals surface area (Å²) in [4.78, 5) is 13.4. The number of hydrogen-bond donors (Lipinski definition) is 1. The highest BCUT2D eigenvalue weighted by molar-refractivity contribution is 5.70. The van der Waals surface area contributed by atoms with Gasteiger partial charge in [-0.1, -0.05) is 26.8 Å². The van der Waals surface area contributed by atoms with Gasteiger partial charge in [0.15, 0.2) is 0 Å². The Morgan fingerprint density at radius 1 is 1.30 bits per heavy atom. The monoisotopic (exact) mass is 319 g/mol. The molecule has 1 heterocycles. The van der Waals surface area contributed by atoms with Crippen LogP contribution in [0.1, 0.15) is 50.3 Å². The molecule has 1 aliphatic heterocycles. The van der Waals surface area contributed by atoms with E-state index in [9.17, 15) is 4.79 Å². The van der Waals surface area contributed by atoms with Crippen LogP contribution in [-0.2, 0) is 16.8 Å². The summed E-state index contributed by atoms with van der Waals surface area (Å²) in [6, 6.07) is 4.39. The van der Waals surface area contributed by atoms with Crippen molar-refractivity contribution < 1.29 is 14.6 Å². The quantitative estimate of drug-likeness (QED) is 0.921. The Balaban J connectivity index is 2.16. The number of aryl methyl sites for hydroxylation is 1. The number of methoxy groups -OCH3 is 1. The van der Waals surface area contributed by atoms with E-state index < -0.39 is 5.97 Å². The zero-order valence-electron chi connectivity index (χ0n) is 15.0. The number of carboxylic acids is 1. The van der Waals surface area contributed by atoms with E-state index in [2.05, 4.69) is 44.7 Å². The molecule has 0 saturated carbocycles. The average Bonchev–Trinajstić information content (AvgIpc) is 2.48. The second-order valence-corrected chi connectivity index (χ2v) is 7.62. The fraction of sp³-hybridized carbons (Fsp3) is 0.632. The summed E-state index contributed by atoms with van der Waals surface area (Å²) in [6.07, 6.45) is 1.49. The lowest BCUT2D eigenvalue weighted by atomic mass is 9.84. The summed E-state index contributed by atoms with van der Waals surface area (Å²) in [7, 11) is 1.72. The Labute approximate surface area is 139 Å². The number of likely N-dealkylation sites (tertiary alicyclic amines) is 1. The zero-order chi connectivity index (χ0) is 17.2. The molecule has 0 atom stereocenters. The van der Waals surface area contributed by atoms with Crippen molar-refractivity contribution >= 4 is 5.97 Å². The molecule has 1 aromatic carbocycles. The molecule has 1 N–H and O–H groups in total. The largest absolute Gasteiger partial charge is 0.496 e. The van der Waals surface area contributed by atoms with Crippen LogP contribution in [0.4, 0.5) is 0 Å². The minimum atomic E-state index is -0.653. The number of piperidine rings is 1. The van der Waals surface area contributed by atoms with Gasteiger partial charge in [0.05, 0.1) is 13.0 Å². The molecule has 4 heteroatoms. The molecule has 0 spiro atoms. The zero-order valence-corrected chi connectivity index (χ0v) is 15.0. The van der Waals surface area contributed by atoms with Gasteiger partial charge in [-0.25, -0.2) is 0 Å². The summed E-state index contributed by atoms with van der Waals surface area (Å²) < 4.78 is 5.56. The molecule has 1 aliphatic rings. The normalized spacial score (nSPS) is 17.3. The molecule has 128 valence electrons. The van der Waals surface area contributed by atoms with Gasteiger partial charge in [0.1, 0.15) is 5.75 Å². The van der Waals surface area contributed by atoms with E-state index in [0.717, 1.165) is 38.2 Å². The van der Waals surface area contributed by atoms with Crippen LogP contribution < -0.4 is 4.74 Å². The number of nitrogens with zero attached hydrogens (tertiary/aromatic N) is 1. The predicted octanol–water partition coefficient (Wildman–Crippen LogP) is 3.60. The second-order valence-electron chi connectivity index (χ2n) is 7.62. The number of carbonyl (C=O) groups is 1. The summed E-state index contributed by atoms with van der Waals surface area (Å²) in [5.74, 6) is 0.122. The molecule has 2 rings (SSSR count). The van der Waals surface area contributed by atoms with E-state index in [1.807, 2.05) is 0 Å². The van der Waals surface area contributed by atoms with E-state index in [0.29, 0.717) is 0 Å². The van der Waals surface area contributed by atoms with Crippen molar-refractivity contribution in [2.45, 2.75) is 52.5 Å². The first-order chi connectivity index (χ1) is 10.7. The standard InChI is InChI=1S/C19H29NO3/c1-13-10-17(23-5)16(19(2,3)4)11-15(13)12-20-8-6-14(7-9-20)18(21)22/h10-11,14H,6-9,12H2,1-5H3,(H,21,22). The minimum absolute atomic E-state index is 0.0318. The number of benzene rings is 1. The lowest BCUT2D eigenvalue weighted by molar-refractivity contribution is -0.143.